The van der Waals surface area contributed by atoms with Gasteiger partial charge in [-0.1, -0.05) is 0 Å². The summed E-state index contributed by atoms with van der Waals surface area (Å²) in [6.45, 7) is -4.39. The molecule has 7 aliphatic heterocycles. The van der Waals surface area contributed by atoms with Gasteiger partial charge in [0, 0.05) is 13.8 Å². The molecule has 35 atom stereocenters. The first-order chi connectivity index (χ1) is 39.7. The fourth-order valence-electron chi connectivity index (χ4n) is 10.5. The maximum absolute atomic E-state index is 12.7. The lowest BCUT2D eigenvalue weighted by atomic mass is 9.94. The zero-order chi connectivity index (χ0) is 61.9. The standard InChI is InChI=1S/C46H78N2O36/c1-10(53)47-19-26(60)37(14(5-51)75-40(19)71)82-41-20(48-11(2)54)27(61)38(15(6-52)78-41)83-46-36(70)39(84-45-35(69)31(65)24(58)17(80-45)8-73-43-33(67)29(63)22(56)13(4-50)77-43)25(59)18(81-46)9-74-44-34(68)30(64)23(57)16(79-44)7-72-42-32(66)28(62)21(55)12(3-49)76-42/h12-46,49-52,55-71H,3-9H2,1-2H3,(H,47,53)(H,48,54)/t12-,13-,14-,15-,16-,17-,18-,19-,20-,21-,22+,23-,24-,25-,26-,27-,28+,29+,30-,31+,32+,33-,34+,35+,36+,37-,38-,39+,40-,41+,42-,43+,44+,45+,46+/m1/s1. The van der Waals surface area contributed by atoms with Crippen LogP contribution in [0.1, 0.15) is 13.8 Å². The molecule has 0 unspecified atom stereocenters. The third-order valence-corrected chi connectivity index (χ3v) is 15.3. The van der Waals surface area contributed by atoms with Crippen LogP contribution < -0.4 is 10.6 Å². The maximum atomic E-state index is 12.7. The molecular formula is C46H78N2O36. The second-order valence-corrected chi connectivity index (χ2v) is 21.2. The first-order valence-corrected chi connectivity index (χ1v) is 26.6. The van der Waals surface area contributed by atoms with Crippen LogP contribution >= 0.6 is 0 Å². The minimum atomic E-state index is -2.37. The molecule has 0 aromatic rings. The van der Waals surface area contributed by atoms with Gasteiger partial charge in [0.25, 0.3) is 0 Å². The van der Waals surface area contributed by atoms with Gasteiger partial charge in [-0.2, -0.15) is 0 Å². The van der Waals surface area contributed by atoms with E-state index in [1.807, 2.05) is 0 Å². The highest BCUT2D eigenvalue weighted by molar-refractivity contribution is 5.73. The van der Waals surface area contributed by atoms with Crippen LogP contribution in [-0.2, 0) is 71.2 Å². The molecule has 38 nitrogen and oxygen atoms in total. The quantitative estimate of drug-likeness (QED) is 0.0507. The number of rotatable bonds is 21. The molecular weight excluding hydrogens is 1160 g/mol. The number of aliphatic hydroxyl groups excluding tert-OH is 21. The van der Waals surface area contributed by atoms with Crippen LogP contribution in [0.5, 0.6) is 0 Å². The second kappa shape index (κ2) is 29.9. The third-order valence-electron chi connectivity index (χ3n) is 15.3. The minimum Gasteiger partial charge on any atom is -0.394 e. The number of aliphatic hydroxyl groups is 21. The molecule has 0 spiro atoms. The summed E-state index contributed by atoms with van der Waals surface area (Å²) in [5.74, 6) is -1.61. The van der Waals surface area contributed by atoms with Crippen molar-refractivity contribution in [3.05, 3.63) is 0 Å². The predicted molar refractivity (Wildman–Crippen MR) is 255 cm³/mol. The maximum Gasteiger partial charge on any atom is 0.217 e. The van der Waals surface area contributed by atoms with E-state index in [0.29, 0.717) is 0 Å². The second-order valence-electron chi connectivity index (χ2n) is 21.2. The fourth-order valence-corrected chi connectivity index (χ4v) is 10.5. The molecule has 23 N–H and O–H groups in total. The molecule has 7 saturated heterocycles. The Morgan fingerprint density at radius 2 is 0.607 bits per heavy atom. The summed E-state index contributed by atoms with van der Waals surface area (Å²) in [5, 5.41) is 230. The van der Waals surface area contributed by atoms with Gasteiger partial charge in [-0.25, -0.2) is 0 Å². The molecule has 0 radical (unpaired) electrons. The van der Waals surface area contributed by atoms with Gasteiger partial charge in [0.2, 0.25) is 11.8 Å². The van der Waals surface area contributed by atoms with Gasteiger partial charge < -0.3 is 179 Å². The number of carbonyl (C=O) groups is 2. The number of ether oxygens (including phenoxy) is 13. The van der Waals surface area contributed by atoms with Crippen molar-refractivity contribution in [1.29, 1.82) is 0 Å². The summed E-state index contributed by atoms with van der Waals surface area (Å²) >= 11 is 0. The van der Waals surface area contributed by atoms with E-state index in [0.717, 1.165) is 13.8 Å². The van der Waals surface area contributed by atoms with E-state index < -0.39 is 273 Å². The Hall–Kier alpha value is -2.42. The first kappa shape index (κ1) is 69.1. The van der Waals surface area contributed by atoms with Crippen LogP contribution in [0.15, 0.2) is 0 Å². The normalized spacial score (nSPS) is 50.3. The Kier molecular flexibility index (Phi) is 24.6. The molecule has 7 aliphatic rings. The van der Waals surface area contributed by atoms with Gasteiger partial charge in [-0.05, 0) is 0 Å². The molecule has 0 saturated carbocycles. The van der Waals surface area contributed by atoms with Crippen molar-refractivity contribution in [3.8, 4) is 0 Å². The van der Waals surface area contributed by atoms with Crippen molar-refractivity contribution >= 4 is 11.8 Å². The molecule has 0 aromatic carbocycles. The van der Waals surface area contributed by atoms with Crippen LogP contribution in [0.2, 0.25) is 0 Å². The molecule has 84 heavy (non-hydrogen) atoms. The number of hydrogen-bond acceptors (Lipinski definition) is 36. The van der Waals surface area contributed by atoms with Crippen molar-refractivity contribution in [3.63, 3.8) is 0 Å². The average molecular weight is 1240 g/mol. The van der Waals surface area contributed by atoms with Crippen LogP contribution in [-0.4, -0.2) is 380 Å². The van der Waals surface area contributed by atoms with Crippen molar-refractivity contribution in [2.24, 2.45) is 0 Å². The van der Waals surface area contributed by atoms with E-state index in [4.69, 9.17) is 61.6 Å². The largest absolute Gasteiger partial charge is 0.394 e. The van der Waals surface area contributed by atoms with Gasteiger partial charge >= 0.3 is 0 Å². The number of hydrogen-bond donors (Lipinski definition) is 23. The van der Waals surface area contributed by atoms with Crippen molar-refractivity contribution in [2.45, 2.75) is 229 Å². The summed E-state index contributed by atoms with van der Waals surface area (Å²) in [5.41, 5.74) is 0. The molecule has 7 heterocycles. The Morgan fingerprint density at radius 1 is 0.310 bits per heavy atom. The van der Waals surface area contributed by atoms with E-state index in [2.05, 4.69) is 10.6 Å². The first-order valence-electron chi connectivity index (χ1n) is 26.6. The van der Waals surface area contributed by atoms with E-state index in [-0.39, 0.29) is 0 Å². The van der Waals surface area contributed by atoms with E-state index in [1.165, 1.54) is 0 Å². The van der Waals surface area contributed by atoms with Gasteiger partial charge in [-0.15, -0.1) is 0 Å². The van der Waals surface area contributed by atoms with Gasteiger partial charge in [0.15, 0.2) is 44.0 Å². The van der Waals surface area contributed by atoms with Crippen molar-refractivity contribution in [1.82, 2.24) is 10.6 Å². The van der Waals surface area contributed by atoms with Crippen molar-refractivity contribution in [2.75, 3.05) is 46.2 Å². The summed E-state index contributed by atoms with van der Waals surface area (Å²) < 4.78 is 73.8. The zero-order valence-electron chi connectivity index (χ0n) is 44.7. The van der Waals surface area contributed by atoms with Crippen LogP contribution in [0.3, 0.4) is 0 Å². The topological polar surface area (TPSA) is 603 Å². The number of nitrogens with one attached hydrogen (secondary N) is 2. The Bertz CT molecular complexity index is 2060. The van der Waals surface area contributed by atoms with Crippen LogP contribution in [0.4, 0.5) is 0 Å². The lowest BCUT2D eigenvalue weighted by Crippen LogP contribution is -2.70. The van der Waals surface area contributed by atoms with E-state index in [1.54, 1.807) is 0 Å². The summed E-state index contributed by atoms with van der Waals surface area (Å²) in [7, 11) is 0. The fraction of sp³-hybridized carbons (Fsp3) is 0.957. The van der Waals surface area contributed by atoms with Gasteiger partial charge in [-0.3, -0.25) is 9.59 Å². The summed E-state index contributed by atoms with van der Waals surface area (Å²) in [4.78, 5) is 24.6. The number of carbonyl (C=O) groups excluding carboxylic acids is 2. The molecule has 2 amide bonds. The molecule has 0 bridgehead atoms. The average Bonchev–Trinajstić information content (AvgIpc) is 3.21. The number of amides is 2. The van der Waals surface area contributed by atoms with Gasteiger partial charge in [0.05, 0.1) is 46.2 Å². The Morgan fingerprint density at radius 3 is 1.02 bits per heavy atom. The minimum absolute atomic E-state index is 0.738. The zero-order valence-corrected chi connectivity index (χ0v) is 44.7. The smallest absolute Gasteiger partial charge is 0.217 e. The molecule has 38 heteroatoms. The van der Waals surface area contributed by atoms with E-state index in [9.17, 15) is 117 Å². The van der Waals surface area contributed by atoms with E-state index >= 15 is 0 Å². The van der Waals surface area contributed by atoms with Gasteiger partial charge in [0.1, 0.15) is 171 Å². The lowest BCUT2D eigenvalue weighted by molar-refractivity contribution is -0.386. The van der Waals surface area contributed by atoms with Crippen molar-refractivity contribution < 1.29 is 178 Å². The lowest BCUT2D eigenvalue weighted by Gasteiger charge is -2.50. The Balaban J connectivity index is 1.13. The molecule has 7 fully saturated rings. The monoisotopic (exact) mass is 1230 g/mol. The summed E-state index contributed by atoms with van der Waals surface area (Å²) in [6, 6.07) is -3.37. The predicted octanol–water partition coefficient (Wildman–Crippen LogP) is -16.0. The molecule has 7 rings (SSSR count). The highest BCUT2D eigenvalue weighted by atomic mass is 16.8. The third kappa shape index (κ3) is 15.1. The molecule has 488 valence electrons. The molecule has 0 aliphatic carbocycles. The Labute approximate surface area is 475 Å². The van der Waals surface area contributed by atoms with Crippen LogP contribution in [0.25, 0.3) is 0 Å². The highest BCUT2D eigenvalue weighted by Crippen LogP contribution is 2.36. The summed E-state index contributed by atoms with van der Waals surface area (Å²) in [6.07, 6.45) is -64.0. The highest BCUT2D eigenvalue weighted by Gasteiger charge is 2.57. The van der Waals surface area contributed by atoms with Crippen LogP contribution in [0, 0.1) is 0 Å². The SMILES string of the molecule is CC(=O)N[C@@H]1[C@@H](O)[C@H](O[C@@H]2O[C@H](CO)[C@@H](O[C@@H]3O[C@H](CO[C@H]4O[C@H](CO[C@@H]5O[C@H](CO)[C@@H](O)[C@H](O)[C@@H]5O)[C@@H](O)[C@@H](O)[C@@H]4O)[C@@H](O)[C@H](O[C@@H]4O[C@H](CO[C@H]5O[C@H](CO)[C@H](O)[C@H](O)[C@H]5O)[C@@H](O)[C@H](O)[C@@H]4O)[C@@H]3O)[C@H](O)[C@H]2NC(C)=O)[C@@H](CO)O[C@H]1O. The molecule has 0 aromatic heterocycles.